The van der Waals surface area contributed by atoms with Crippen LogP contribution in [0.2, 0.25) is 0 Å². The number of carbonyl (C=O) groups is 1. The Labute approximate surface area is 146 Å². The van der Waals surface area contributed by atoms with E-state index in [-0.39, 0.29) is 35.0 Å². The molecule has 0 aliphatic carbocycles. The molecule has 1 aromatic heterocycles. The van der Waals surface area contributed by atoms with Crippen LogP contribution in [0.15, 0.2) is 42.5 Å². The van der Waals surface area contributed by atoms with Gasteiger partial charge in [0.25, 0.3) is 5.69 Å². The van der Waals surface area contributed by atoms with Crippen LogP contribution in [-0.2, 0) is 6.42 Å². The number of aromatic amines is 1. The molecule has 10 heteroatoms. The number of hydrogen-bond donors (Lipinski definition) is 3. The monoisotopic (exact) mass is 355 g/mol. The molecule has 0 aliphatic heterocycles. The van der Waals surface area contributed by atoms with E-state index in [4.69, 9.17) is 0 Å². The summed E-state index contributed by atoms with van der Waals surface area (Å²) >= 11 is 0. The van der Waals surface area contributed by atoms with Crippen molar-refractivity contribution in [2.45, 2.75) is 12.3 Å². The number of nitro benzene ring substituents is 1. The van der Waals surface area contributed by atoms with Crippen molar-refractivity contribution in [1.82, 2.24) is 20.6 Å². The number of phenolic OH excluding ortho intramolecular Hbond substituents is 2. The number of hydrogen-bond acceptors (Lipinski definition) is 8. The van der Waals surface area contributed by atoms with Gasteiger partial charge in [0.05, 0.1) is 16.4 Å². The van der Waals surface area contributed by atoms with Crippen molar-refractivity contribution in [2.24, 2.45) is 0 Å². The summed E-state index contributed by atoms with van der Waals surface area (Å²) in [6, 6.07) is 9.12. The number of carbonyl (C=O) groups excluding carboxylic acids is 1. The molecule has 10 nitrogen and oxygen atoms in total. The molecule has 0 amide bonds. The molecule has 3 aromatic rings. The van der Waals surface area contributed by atoms with Gasteiger partial charge in [0.1, 0.15) is 11.5 Å². The van der Waals surface area contributed by atoms with Gasteiger partial charge in [-0.2, -0.15) is 5.21 Å². The average Bonchev–Trinajstić information content (AvgIpc) is 3.14. The standard InChI is InChI=1S/C16H13N5O5/c22-11-5-6-14(23)13(7-11)16(24)12(8-15-17-19-20-18-15)9-1-3-10(4-2-9)21(25)26/h1-7,12,22-23H,8H2,(H,17,18,19,20). The third-order valence-corrected chi connectivity index (χ3v) is 3.84. The zero-order valence-electron chi connectivity index (χ0n) is 13.2. The number of nitro groups is 1. The fourth-order valence-electron chi connectivity index (χ4n) is 2.55. The molecular formula is C16H13N5O5. The first-order valence-corrected chi connectivity index (χ1v) is 7.48. The van der Waals surface area contributed by atoms with Gasteiger partial charge in [-0.05, 0) is 23.8 Å². The molecular weight excluding hydrogens is 342 g/mol. The number of H-pyrrole nitrogens is 1. The molecule has 0 bridgehead atoms. The first-order valence-electron chi connectivity index (χ1n) is 7.48. The molecule has 2 aromatic carbocycles. The van der Waals surface area contributed by atoms with Crippen LogP contribution in [0, 0.1) is 10.1 Å². The summed E-state index contributed by atoms with van der Waals surface area (Å²) in [6.07, 6.45) is 0.0578. The number of Topliss-reactive ketones (excluding diaryl/α,β-unsaturated/α-hetero) is 1. The summed E-state index contributed by atoms with van der Waals surface area (Å²) in [5.74, 6) is -1.51. The van der Waals surface area contributed by atoms with E-state index in [0.29, 0.717) is 5.56 Å². The molecule has 0 aliphatic rings. The number of phenols is 2. The smallest absolute Gasteiger partial charge is 0.269 e. The number of ketones is 1. The van der Waals surface area contributed by atoms with E-state index in [9.17, 15) is 25.1 Å². The van der Waals surface area contributed by atoms with E-state index in [1.807, 2.05) is 0 Å². The normalized spacial score (nSPS) is 11.8. The maximum atomic E-state index is 13.0. The van der Waals surface area contributed by atoms with E-state index in [0.717, 1.165) is 6.07 Å². The summed E-state index contributed by atoms with van der Waals surface area (Å²) in [4.78, 5) is 23.3. The number of aromatic hydroxyl groups is 2. The van der Waals surface area contributed by atoms with Crippen LogP contribution in [0.4, 0.5) is 5.69 Å². The minimum Gasteiger partial charge on any atom is -0.508 e. The quantitative estimate of drug-likeness (QED) is 0.261. The van der Waals surface area contributed by atoms with E-state index in [1.54, 1.807) is 0 Å². The molecule has 0 fully saturated rings. The average molecular weight is 355 g/mol. The Kier molecular flexibility index (Phi) is 4.56. The van der Waals surface area contributed by atoms with E-state index in [2.05, 4.69) is 20.6 Å². The van der Waals surface area contributed by atoms with Crippen LogP contribution in [0.3, 0.4) is 0 Å². The molecule has 1 heterocycles. The second-order valence-corrected chi connectivity index (χ2v) is 5.50. The first-order chi connectivity index (χ1) is 12.5. The number of aromatic nitrogens is 4. The van der Waals surface area contributed by atoms with Gasteiger partial charge in [-0.3, -0.25) is 14.9 Å². The number of nitrogens with zero attached hydrogens (tertiary/aromatic N) is 4. The predicted octanol–water partition coefficient (Wildman–Crippen LogP) is 1.73. The Hall–Kier alpha value is -3.82. The summed E-state index contributed by atoms with van der Waals surface area (Å²) in [6.45, 7) is 0. The van der Waals surface area contributed by atoms with E-state index < -0.39 is 16.6 Å². The van der Waals surface area contributed by atoms with Crippen molar-refractivity contribution < 1.29 is 19.9 Å². The van der Waals surface area contributed by atoms with Crippen LogP contribution < -0.4 is 0 Å². The number of tetrazole rings is 1. The zero-order chi connectivity index (χ0) is 18.7. The van der Waals surface area contributed by atoms with Crippen molar-refractivity contribution in [1.29, 1.82) is 0 Å². The Bertz CT molecular complexity index is 940. The second kappa shape index (κ2) is 6.97. The highest BCUT2D eigenvalue weighted by Crippen LogP contribution is 2.31. The highest BCUT2D eigenvalue weighted by molar-refractivity contribution is 6.03. The Morgan fingerprint density at radius 1 is 1.19 bits per heavy atom. The molecule has 0 radical (unpaired) electrons. The SMILES string of the molecule is O=C(c1cc(O)ccc1O)C(Cc1nn[nH]n1)c1ccc([N+](=O)[O-])cc1. The molecule has 26 heavy (non-hydrogen) atoms. The van der Waals surface area contributed by atoms with Gasteiger partial charge in [-0.1, -0.05) is 17.3 Å². The maximum absolute atomic E-state index is 13.0. The van der Waals surface area contributed by atoms with Crippen LogP contribution >= 0.6 is 0 Å². The molecule has 3 rings (SSSR count). The molecule has 3 N–H and O–H groups in total. The van der Waals surface area contributed by atoms with Crippen LogP contribution in [0.1, 0.15) is 27.7 Å². The molecule has 1 unspecified atom stereocenters. The van der Waals surface area contributed by atoms with Crippen LogP contribution in [0.5, 0.6) is 11.5 Å². The highest BCUT2D eigenvalue weighted by atomic mass is 16.6. The van der Waals surface area contributed by atoms with Gasteiger partial charge >= 0.3 is 0 Å². The minimum absolute atomic E-state index is 0.0578. The minimum atomic E-state index is -0.832. The lowest BCUT2D eigenvalue weighted by Gasteiger charge is -2.15. The van der Waals surface area contributed by atoms with Gasteiger partial charge < -0.3 is 10.2 Å². The third kappa shape index (κ3) is 3.48. The Morgan fingerprint density at radius 3 is 2.54 bits per heavy atom. The maximum Gasteiger partial charge on any atom is 0.269 e. The third-order valence-electron chi connectivity index (χ3n) is 3.84. The topological polar surface area (TPSA) is 155 Å². The predicted molar refractivity (Wildman–Crippen MR) is 87.8 cm³/mol. The fourth-order valence-corrected chi connectivity index (χ4v) is 2.55. The number of nitrogens with one attached hydrogen (secondary N) is 1. The van der Waals surface area contributed by atoms with Gasteiger partial charge in [-0.15, -0.1) is 10.2 Å². The first kappa shape index (κ1) is 17.0. The van der Waals surface area contributed by atoms with E-state index >= 15 is 0 Å². The summed E-state index contributed by atoms with van der Waals surface area (Å²) in [7, 11) is 0. The summed E-state index contributed by atoms with van der Waals surface area (Å²) in [5.41, 5.74) is 0.296. The van der Waals surface area contributed by atoms with Gasteiger partial charge in [0, 0.05) is 18.6 Å². The highest BCUT2D eigenvalue weighted by Gasteiger charge is 2.27. The van der Waals surface area contributed by atoms with Crippen LogP contribution in [0.25, 0.3) is 0 Å². The Balaban J connectivity index is 2.01. The lowest BCUT2D eigenvalue weighted by Crippen LogP contribution is -2.17. The summed E-state index contributed by atoms with van der Waals surface area (Å²) < 4.78 is 0. The van der Waals surface area contributed by atoms with Crippen molar-refractivity contribution in [2.75, 3.05) is 0 Å². The lowest BCUT2D eigenvalue weighted by atomic mass is 9.87. The van der Waals surface area contributed by atoms with Crippen LogP contribution in [-0.4, -0.2) is 41.5 Å². The number of benzene rings is 2. The molecule has 0 saturated heterocycles. The van der Waals surface area contributed by atoms with E-state index in [1.165, 1.54) is 36.4 Å². The molecule has 132 valence electrons. The Morgan fingerprint density at radius 2 is 1.92 bits per heavy atom. The lowest BCUT2D eigenvalue weighted by molar-refractivity contribution is -0.384. The largest absolute Gasteiger partial charge is 0.508 e. The van der Waals surface area contributed by atoms with Gasteiger partial charge in [0.15, 0.2) is 11.6 Å². The van der Waals surface area contributed by atoms with Crippen molar-refractivity contribution in [3.05, 3.63) is 69.5 Å². The van der Waals surface area contributed by atoms with Gasteiger partial charge in [0.2, 0.25) is 0 Å². The second-order valence-electron chi connectivity index (χ2n) is 5.50. The van der Waals surface area contributed by atoms with Crippen molar-refractivity contribution >= 4 is 11.5 Å². The number of non-ortho nitro benzene ring substituents is 1. The van der Waals surface area contributed by atoms with Crippen molar-refractivity contribution in [3.63, 3.8) is 0 Å². The van der Waals surface area contributed by atoms with Crippen molar-refractivity contribution in [3.8, 4) is 11.5 Å². The molecule has 0 saturated carbocycles. The van der Waals surface area contributed by atoms with Gasteiger partial charge in [-0.25, -0.2) is 0 Å². The molecule has 1 atom stereocenters. The number of rotatable bonds is 6. The molecule has 0 spiro atoms. The zero-order valence-corrected chi connectivity index (χ0v) is 13.2. The summed E-state index contributed by atoms with van der Waals surface area (Å²) in [5, 5.41) is 43.8. The fraction of sp³-hybridized carbons (Fsp3) is 0.125.